The van der Waals surface area contributed by atoms with E-state index in [1.165, 1.54) is 6.08 Å². The molecule has 0 radical (unpaired) electrons. The van der Waals surface area contributed by atoms with Crippen molar-refractivity contribution in [3.63, 3.8) is 0 Å². The van der Waals surface area contributed by atoms with Crippen molar-refractivity contribution in [2.24, 2.45) is 0 Å². The van der Waals surface area contributed by atoms with E-state index in [0.29, 0.717) is 41.8 Å². The first-order valence-electron chi connectivity index (χ1n) is 7.70. The van der Waals surface area contributed by atoms with Crippen LogP contribution >= 0.6 is 11.6 Å². The first-order chi connectivity index (χ1) is 12.2. The molecule has 0 aliphatic carbocycles. The monoisotopic (exact) mass is 354 g/mol. The van der Waals surface area contributed by atoms with Gasteiger partial charge in [-0.25, -0.2) is 0 Å². The van der Waals surface area contributed by atoms with Crippen LogP contribution in [0.15, 0.2) is 48.0 Å². The van der Waals surface area contributed by atoms with Gasteiger partial charge < -0.3 is 14.8 Å². The molecule has 3 rings (SSSR count). The molecule has 0 saturated carbocycles. The topological polar surface area (TPSA) is 71.3 Å². The predicted octanol–water partition coefficient (Wildman–Crippen LogP) is 3.33. The fraction of sp³-hybridized carbons (Fsp3) is 0.158. The second kappa shape index (κ2) is 7.73. The van der Waals surface area contributed by atoms with Gasteiger partial charge in [-0.1, -0.05) is 29.8 Å². The van der Waals surface area contributed by atoms with Crippen molar-refractivity contribution in [1.82, 2.24) is 5.32 Å². The summed E-state index contributed by atoms with van der Waals surface area (Å²) in [5.41, 5.74) is 1.61. The highest BCUT2D eigenvalue weighted by Crippen LogP contribution is 2.31. The van der Waals surface area contributed by atoms with E-state index in [2.05, 4.69) is 5.32 Å². The molecule has 0 unspecified atom stereocenters. The molecule has 2 aromatic carbocycles. The molecule has 126 valence electrons. The van der Waals surface area contributed by atoms with E-state index in [9.17, 15) is 10.1 Å². The Bertz CT molecular complexity index is 854. The van der Waals surface area contributed by atoms with Crippen LogP contribution in [0.3, 0.4) is 0 Å². The summed E-state index contributed by atoms with van der Waals surface area (Å²) in [5, 5.41) is 12.6. The molecule has 2 aromatic rings. The van der Waals surface area contributed by atoms with Gasteiger partial charge in [0.15, 0.2) is 11.5 Å². The molecule has 1 aliphatic rings. The minimum Gasteiger partial charge on any atom is -0.486 e. The lowest BCUT2D eigenvalue weighted by Crippen LogP contribution is -2.23. The number of nitrogens with zero attached hydrogens (tertiary/aromatic N) is 1. The third-order valence-corrected chi connectivity index (χ3v) is 3.86. The number of nitrogens with one attached hydrogen (secondary N) is 1. The Hall–Kier alpha value is -2.97. The Balaban J connectivity index is 1.70. The fourth-order valence-electron chi connectivity index (χ4n) is 2.34. The number of ether oxygens (including phenoxy) is 2. The molecule has 25 heavy (non-hydrogen) atoms. The van der Waals surface area contributed by atoms with Crippen molar-refractivity contribution in [3.05, 3.63) is 64.2 Å². The number of nitriles is 1. The quantitative estimate of drug-likeness (QED) is 0.675. The van der Waals surface area contributed by atoms with Crippen molar-refractivity contribution < 1.29 is 14.3 Å². The normalized spacial score (nSPS) is 13.0. The van der Waals surface area contributed by atoms with Crippen molar-refractivity contribution in [1.29, 1.82) is 5.26 Å². The Morgan fingerprint density at radius 2 is 1.88 bits per heavy atom. The first-order valence-corrected chi connectivity index (χ1v) is 8.07. The second-order valence-corrected chi connectivity index (χ2v) is 5.82. The lowest BCUT2D eigenvalue weighted by Gasteiger charge is -2.18. The van der Waals surface area contributed by atoms with E-state index in [1.54, 1.807) is 30.3 Å². The lowest BCUT2D eigenvalue weighted by molar-refractivity contribution is -0.117. The molecule has 0 bridgehead atoms. The van der Waals surface area contributed by atoms with Gasteiger partial charge in [0.2, 0.25) is 0 Å². The van der Waals surface area contributed by atoms with E-state index in [1.807, 2.05) is 18.2 Å². The van der Waals surface area contributed by atoms with Crippen molar-refractivity contribution in [3.8, 4) is 17.6 Å². The average Bonchev–Trinajstić information content (AvgIpc) is 2.65. The van der Waals surface area contributed by atoms with Gasteiger partial charge in [0.1, 0.15) is 24.9 Å². The van der Waals surface area contributed by atoms with Crippen LogP contribution in [-0.2, 0) is 11.3 Å². The van der Waals surface area contributed by atoms with E-state index >= 15 is 0 Å². The van der Waals surface area contributed by atoms with Gasteiger partial charge in [-0.2, -0.15) is 5.26 Å². The molecular formula is C19H15ClN2O3. The number of fused-ring (bicyclic) bond motifs is 1. The van der Waals surface area contributed by atoms with Crippen LogP contribution < -0.4 is 14.8 Å². The molecule has 0 fully saturated rings. The van der Waals surface area contributed by atoms with Gasteiger partial charge in [0, 0.05) is 11.6 Å². The Labute approximate surface area is 150 Å². The number of halogens is 1. The third kappa shape index (κ3) is 4.31. The lowest BCUT2D eigenvalue weighted by atomic mass is 10.1. The maximum absolute atomic E-state index is 12.2. The Kier molecular flexibility index (Phi) is 5.22. The van der Waals surface area contributed by atoms with Crippen molar-refractivity contribution >= 4 is 23.6 Å². The van der Waals surface area contributed by atoms with Crippen LogP contribution in [-0.4, -0.2) is 19.1 Å². The summed E-state index contributed by atoms with van der Waals surface area (Å²) >= 11 is 5.83. The van der Waals surface area contributed by atoms with Gasteiger partial charge in [-0.05, 0) is 41.5 Å². The summed E-state index contributed by atoms with van der Waals surface area (Å²) in [6.07, 6.45) is 1.52. The average molecular weight is 355 g/mol. The van der Waals surface area contributed by atoms with Crippen LogP contribution in [0.1, 0.15) is 11.1 Å². The zero-order valence-electron chi connectivity index (χ0n) is 13.3. The highest BCUT2D eigenvalue weighted by atomic mass is 35.5. The largest absolute Gasteiger partial charge is 0.486 e. The van der Waals surface area contributed by atoms with E-state index < -0.39 is 5.91 Å². The fourth-order valence-corrected chi connectivity index (χ4v) is 2.47. The summed E-state index contributed by atoms with van der Waals surface area (Å²) in [7, 11) is 0. The molecule has 1 amide bonds. The van der Waals surface area contributed by atoms with E-state index in [0.717, 1.165) is 5.56 Å². The third-order valence-electron chi connectivity index (χ3n) is 3.61. The van der Waals surface area contributed by atoms with Gasteiger partial charge >= 0.3 is 0 Å². The second-order valence-electron chi connectivity index (χ2n) is 5.38. The SMILES string of the molecule is N#CC(=Cc1ccc2c(c1)OCCO2)C(=O)NCc1ccc(Cl)cc1. The summed E-state index contributed by atoms with van der Waals surface area (Å²) < 4.78 is 11.0. The maximum Gasteiger partial charge on any atom is 0.262 e. The van der Waals surface area contributed by atoms with E-state index in [-0.39, 0.29) is 5.57 Å². The highest BCUT2D eigenvalue weighted by molar-refractivity contribution is 6.30. The van der Waals surface area contributed by atoms with Gasteiger partial charge in [-0.3, -0.25) is 4.79 Å². The number of hydrogen-bond donors (Lipinski definition) is 1. The summed E-state index contributed by atoms with van der Waals surface area (Å²) in [4.78, 5) is 12.2. The van der Waals surface area contributed by atoms with Gasteiger partial charge in [0.25, 0.3) is 5.91 Å². The Morgan fingerprint density at radius 3 is 2.60 bits per heavy atom. The Morgan fingerprint density at radius 1 is 1.16 bits per heavy atom. The zero-order chi connectivity index (χ0) is 17.6. The van der Waals surface area contributed by atoms with Crippen LogP contribution in [0.2, 0.25) is 5.02 Å². The molecule has 1 aliphatic heterocycles. The van der Waals surface area contributed by atoms with Crippen LogP contribution in [0, 0.1) is 11.3 Å². The van der Waals surface area contributed by atoms with Gasteiger partial charge in [0.05, 0.1) is 0 Å². The molecule has 5 nitrogen and oxygen atoms in total. The molecule has 0 aromatic heterocycles. The number of amides is 1. The molecule has 6 heteroatoms. The molecule has 1 heterocycles. The molecule has 0 saturated heterocycles. The number of carbonyl (C=O) groups excluding carboxylic acids is 1. The van der Waals surface area contributed by atoms with Crippen molar-refractivity contribution in [2.75, 3.05) is 13.2 Å². The minimum absolute atomic E-state index is 0.0191. The van der Waals surface area contributed by atoms with Crippen LogP contribution in [0.4, 0.5) is 0 Å². The molecule has 0 spiro atoms. The first kappa shape index (κ1) is 16.9. The van der Waals surface area contributed by atoms with E-state index in [4.69, 9.17) is 21.1 Å². The number of hydrogen-bond acceptors (Lipinski definition) is 4. The summed E-state index contributed by atoms with van der Waals surface area (Å²) in [6, 6.07) is 14.4. The number of rotatable bonds is 4. The highest BCUT2D eigenvalue weighted by Gasteiger charge is 2.13. The zero-order valence-corrected chi connectivity index (χ0v) is 14.0. The summed E-state index contributed by atoms with van der Waals surface area (Å²) in [5.74, 6) is 0.834. The maximum atomic E-state index is 12.2. The predicted molar refractivity (Wildman–Crippen MR) is 94.3 cm³/mol. The summed E-state index contributed by atoms with van der Waals surface area (Å²) in [6.45, 7) is 1.31. The minimum atomic E-state index is -0.438. The van der Waals surface area contributed by atoms with Crippen LogP contribution in [0.25, 0.3) is 6.08 Å². The number of benzene rings is 2. The van der Waals surface area contributed by atoms with Crippen LogP contribution in [0.5, 0.6) is 11.5 Å². The molecular weight excluding hydrogens is 340 g/mol. The standard InChI is InChI=1S/C19H15ClN2O3/c20-16-4-1-13(2-5-16)12-22-19(23)15(11-21)9-14-3-6-17-18(10-14)25-8-7-24-17/h1-6,9-10H,7-8,12H2,(H,22,23). The number of carbonyl (C=O) groups is 1. The smallest absolute Gasteiger partial charge is 0.262 e. The molecule has 1 N–H and O–H groups in total. The van der Waals surface area contributed by atoms with Gasteiger partial charge in [-0.15, -0.1) is 0 Å². The molecule has 0 atom stereocenters. The van der Waals surface area contributed by atoms with Crippen molar-refractivity contribution in [2.45, 2.75) is 6.54 Å².